The van der Waals surface area contributed by atoms with E-state index < -0.39 is 12.0 Å². The molecule has 1 saturated heterocycles. The summed E-state index contributed by atoms with van der Waals surface area (Å²) in [5, 5.41) is 22.3. The summed E-state index contributed by atoms with van der Waals surface area (Å²) in [5.41, 5.74) is 0.834. The van der Waals surface area contributed by atoms with Crippen molar-refractivity contribution in [2.45, 2.75) is 11.4 Å². The van der Waals surface area contributed by atoms with E-state index >= 15 is 0 Å². The van der Waals surface area contributed by atoms with Gasteiger partial charge in [-0.1, -0.05) is 11.8 Å². The van der Waals surface area contributed by atoms with Gasteiger partial charge < -0.3 is 29.8 Å². The number of phenolic OH excluding ortho intramolecular Hbond substituents is 1. The molecular formula is C12H15NO5S. The molecule has 1 heterocycles. The maximum atomic E-state index is 10.8. The Morgan fingerprint density at radius 1 is 1.42 bits per heavy atom. The van der Waals surface area contributed by atoms with Crippen molar-refractivity contribution in [1.29, 1.82) is 0 Å². The van der Waals surface area contributed by atoms with Gasteiger partial charge in [0.05, 0.1) is 20.0 Å². The fourth-order valence-electron chi connectivity index (χ4n) is 1.96. The number of ether oxygens (including phenoxy) is 2. The molecule has 1 aliphatic heterocycles. The van der Waals surface area contributed by atoms with Crippen molar-refractivity contribution in [2.75, 3.05) is 20.0 Å². The van der Waals surface area contributed by atoms with E-state index in [1.807, 2.05) is 0 Å². The largest absolute Gasteiger partial charge is 0.544 e. The molecule has 104 valence electrons. The van der Waals surface area contributed by atoms with Crippen LogP contribution in [0.1, 0.15) is 10.9 Å². The quantitative estimate of drug-likeness (QED) is 0.724. The molecule has 0 aromatic heterocycles. The van der Waals surface area contributed by atoms with Gasteiger partial charge in [0.25, 0.3) is 0 Å². The van der Waals surface area contributed by atoms with E-state index in [9.17, 15) is 15.0 Å². The Morgan fingerprint density at radius 2 is 2.00 bits per heavy atom. The highest BCUT2D eigenvalue weighted by atomic mass is 32.2. The maximum absolute atomic E-state index is 10.8. The summed E-state index contributed by atoms with van der Waals surface area (Å²) in [4.78, 5) is 10.8. The van der Waals surface area contributed by atoms with Gasteiger partial charge in [-0.3, -0.25) is 0 Å². The number of hydrogen-bond acceptors (Lipinski definition) is 6. The number of carboxylic acids is 1. The fraction of sp³-hybridized carbons (Fsp3) is 0.417. The smallest absolute Gasteiger partial charge is 0.200 e. The zero-order valence-electron chi connectivity index (χ0n) is 10.6. The minimum Gasteiger partial charge on any atom is -0.544 e. The van der Waals surface area contributed by atoms with E-state index in [1.165, 1.54) is 26.0 Å². The van der Waals surface area contributed by atoms with Crippen molar-refractivity contribution < 1.29 is 29.8 Å². The molecule has 19 heavy (non-hydrogen) atoms. The number of benzene rings is 1. The van der Waals surface area contributed by atoms with Gasteiger partial charge in [-0.25, -0.2) is 0 Å². The van der Waals surface area contributed by atoms with Crippen LogP contribution in [0.3, 0.4) is 0 Å². The first-order valence-electron chi connectivity index (χ1n) is 5.69. The van der Waals surface area contributed by atoms with Crippen LogP contribution in [-0.2, 0) is 4.79 Å². The Balaban J connectivity index is 2.28. The zero-order valence-corrected chi connectivity index (χ0v) is 11.4. The van der Waals surface area contributed by atoms with E-state index in [1.54, 1.807) is 17.4 Å². The number of rotatable bonds is 4. The summed E-state index contributed by atoms with van der Waals surface area (Å²) in [5.74, 6) is -0.0280. The SMILES string of the molecule is COc1cc([C@@H]2[NH2+][C@@H](C(=O)[O-])CS2)cc(OC)c1O. The van der Waals surface area contributed by atoms with Crippen molar-refractivity contribution in [3.63, 3.8) is 0 Å². The highest BCUT2D eigenvalue weighted by Crippen LogP contribution is 2.40. The molecule has 0 aliphatic carbocycles. The third kappa shape index (κ3) is 2.71. The van der Waals surface area contributed by atoms with Crippen LogP contribution >= 0.6 is 11.8 Å². The average molecular weight is 285 g/mol. The van der Waals surface area contributed by atoms with Crippen LogP contribution in [0, 0.1) is 0 Å². The van der Waals surface area contributed by atoms with Gasteiger partial charge in [0.15, 0.2) is 16.9 Å². The molecule has 1 aromatic rings. The summed E-state index contributed by atoms with van der Waals surface area (Å²) >= 11 is 1.51. The molecule has 0 spiro atoms. The minimum atomic E-state index is -1.06. The molecule has 0 bridgehead atoms. The number of carboxylic acid groups (broad SMARTS) is 1. The molecule has 6 nitrogen and oxygen atoms in total. The van der Waals surface area contributed by atoms with Gasteiger partial charge in [0.1, 0.15) is 12.0 Å². The summed E-state index contributed by atoms with van der Waals surface area (Å²) in [6.07, 6.45) is 0. The minimum absolute atomic E-state index is 0.0619. The number of methoxy groups -OCH3 is 2. The Bertz CT molecular complexity index is 468. The van der Waals surface area contributed by atoms with E-state index in [2.05, 4.69) is 0 Å². The lowest BCUT2D eigenvalue weighted by Gasteiger charge is -2.14. The van der Waals surface area contributed by atoms with Gasteiger partial charge in [-0.2, -0.15) is 0 Å². The number of nitrogens with two attached hydrogens (primary N) is 1. The molecule has 0 amide bonds. The predicted molar refractivity (Wildman–Crippen MR) is 67.1 cm³/mol. The molecule has 0 unspecified atom stereocenters. The number of carbonyl (C=O) groups excluding carboxylic acids is 1. The number of aromatic hydroxyl groups is 1. The Morgan fingerprint density at radius 3 is 2.42 bits per heavy atom. The van der Waals surface area contributed by atoms with Crippen LogP contribution in [0.25, 0.3) is 0 Å². The lowest BCUT2D eigenvalue weighted by atomic mass is 10.1. The van der Waals surface area contributed by atoms with Crippen LogP contribution in [0.5, 0.6) is 17.2 Å². The third-order valence-electron chi connectivity index (χ3n) is 3.00. The molecule has 1 aromatic carbocycles. The third-order valence-corrected chi connectivity index (χ3v) is 4.34. The Labute approximate surface area is 114 Å². The molecule has 0 radical (unpaired) electrons. The van der Waals surface area contributed by atoms with Crippen LogP contribution in [0.4, 0.5) is 0 Å². The zero-order chi connectivity index (χ0) is 14.0. The number of aliphatic carboxylic acids is 1. The van der Waals surface area contributed by atoms with Crippen LogP contribution in [0.15, 0.2) is 12.1 Å². The second kappa shape index (κ2) is 5.58. The van der Waals surface area contributed by atoms with Crippen molar-refractivity contribution in [3.05, 3.63) is 17.7 Å². The van der Waals surface area contributed by atoms with Crippen molar-refractivity contribution in [2.24, 2.45) is 0 Å². The predicted octanol–water partition coefficient (Wildman–Crippen LogP) is -1.16. The Hall–Kier alpha value is -1.60. The van der Waals surface area contributed by atoms with Crippen LogP contribution in [-0.4, -0.2) is 37.1 Å². The van der Waals surface area contributed by atoms with Crippen LogP contribution < -0.4 is 19.9 Å². The van der Waals surface area contributed by atoms with Gasteiger partial charge in [0, 0.05) is 5.56 Å². The molecule has 0 saturated carbocycles. The fourth-order valence-corrected chi connectivity index (χ4v) is 3.25. The van der Waals surface area contributed by atoms with E-state index in [-0.39, 0.29) is 11.1 Å². The number of phenols is 1. The van der Waals surface area contributed by atoms with Gasteiger partial charge in [-0.05, 0) is 12.1 Å². The normalized spacial score (nSPS) is 22.2. The molecular weight excluding hydrogens is 270 g/mol. The van der Waals surface area contributed by atoms with E-state index in [0.717, 1.165) is 5.56 Å². The summed E-state index contributed by atoms with van der Waals surface area (Å²) in [6, 6.07) is 2.81. The number of quaternary nitrogens is 1. The van der Waals surface area contributed by atoms with Crippen molar-refractivity contribution in [1.82, 2.24) is 0 Å². The highest BCUT2D eigenvalue weighted by molar-refractivity contribution is 7.99. The van der Waals surface area contributed by atoms with E-state index in [4.69, 9.17) is 9.47 Å². The lowest BCUT2D eigenvalue weighted by Crippen LogP contribution is -2.90. The molecule has 2 rings (SSSR count). The molecule has 7 heteroatoms. The first kappa shape index (κ1) is 13.8. The van der Waals surface area contributed by atoms with Gasteiger partial charge in [-0.15, -0.1) is 0 Å². The number of carbonyl (C=O) groups is 1. The molecule has 3 N–H and O–H groups in total. The summed E-state index contributed by atoms with van der Waals surface area (Å²) in [7, 11) is 2.90. The van der Waals surface area contributed by atoms with Crippen molar-refractivity contribution >= 4 is 17.7 Å². The van der Waals surface area contributed by atoms with Gasteiger partial charge >= 0.3 is 0 Å². The molecule has 1 aliphatic rings. The van der Waals surface area contributed by atoms with Gasteiger partial charge in [0.2, 0.25) is 5.75 Å². The summed E-state index contributed by atoms with van der Waals surface area (Å²) < 4.78 is 10.2. The standard InChI is InChI=1S/C12H15NO5S/c1-17-8-3-6(4-9(18-2)10(8)14)11-13-7(5-19-11)12(15)16/h3-4,7,11,13-14H,5H2,1-2H3,(H,15,16)/t7-,11-/m1/s1. The van der Waals surface area contributed by atoms with E-state index in [0.29, 0.717) is 17.3 Å². The Kier molecular flexibility index (Phi) is 4.06. The van der Waals surface area contributed by atoms with Crippen LogP contribution in [0.2, 0.25) is 0 Å². The lowest BCUT2D eigenvalue weighted by molar-refractivity contribution is -0.690. The van der Waals surface area contributed by atoms with Crippen molar-refractivity contribution in [3.8, 4) is 17.2 Å². The molecule has 1 fully saturated rings. The second-order valence-corrected chi connectivity index (χ2v) is 5.32. The summed E-state index contributed by atoms with van der Waals surface area (Å²) in [6.45, 7) is 0. The second-order valence-electron chi connectivity index (χ2n) is 4.15. The average Bonchev–Trinajstić information content (AvgIpc) is 2.89. The maximum Gasteiger partial charge on any atom is 0.200 e. The first-order chi connectivity index (χ1) is 9.06. The highest BCUT2D eigenvalue weighted by Gasteiger charge is 2.32. The topological polar surface area (TPSA) is 95.4 Å². The first-order valence-corrected chi connectivity index (χ1v) is 6.74. The monoisotopic (exact) mass is 285 g/mol. The molecule has 2 atom stereocenters. The number of hydrogen-bond donors (Lipinski definition) is 2. The number of thioether (sulfide) groups is 1.